The number of hydrogen-bond donors (Lipinski definition) is 1. The van der Waals surface area contributed by atoms with E-state index >= 15 is 0 Å². The van der Waals surface area contributed by atoms with Crippen LogP contribution in [0.3, 0.4) is 0 Å². The van der Waals surface area contributed by atoms with Crippen molar-refractivity contribution in [2.45, 2.75) is 64.0 Å². The fraction of sp³-hybridized carbons (Fsp3) is 1.00. The minimum atomic E-state index is -0.0791. The fourth-order valence-corrected chi connectivity index (χ4v) is 3.21. The molecule has 0 amide bonds. The zero-order valence-corrected chi connectivity index (χ0v) is 12.4. The first-order valence-corrected chi connectivity index (χ1v) is 7.56. The molecule has 1 aliphatic rings. The average molecular weight is 257 g/mol. The van der Waals surface area contributed by atoms with E-state index in [1.165, 1.54) is 25.7 Å². The van der Waals surface area contributed by atoms with Gasteiger partial charge in [0.05, 0.1) is 6.10 Å². The van der Waals surface area contributed by atoms with Crippen molar-refractivity contribution in [3.8, 4) is 0 Å². The van der Waals surface area contributed by atoms with Crippen LogP contribution < -0.4 is 0 Å². The van der Waals surface area contributed by atoms with Crippen molar-refractivity contribution in [3.63, 3.8) is 0 Å². The Morgan fingerprint density at radius 1 is 1.28 bits per heavy atom. The van der Waals surface area contributed by atoms with E-state index in [1.807, 2.05) is 0 Å². The SMILES string of the molecule is CCCC1CCC(O)CC1N(C)CCCCOC. The van der Waals surface area contributed by atoms with Gasteiger partial charge in [-0.1, -0.05) is 13.3 Å². The van der Waals surface area contributed by atoms with Crippen molar-refractivity contribution in [2.24, 2.45) is 5.92 Å². The molecule has 3 nitrogen and oxygen atoms in total. The van der Waals surface area contributed by atoms with Gasteiger partial charge in [-0.15, -0.1) is 0 Å². The van der Waals surface area contributed by atoms with Gasteiger partial charge in [0.25, 0.3) is 0 Å². The van der Waals surface area contributed by atoms with Crippen LogP contribution in [0.15, 0.2) is 0 Å². The maximum atomic E-state index is 9.88. The minimum absolute atomic E-state index is 0.0791. The Morgan fingerprint density at radius 2 is 2.06 bits per heavy atom. The zero-order valence-electron chi connectivity index (χ0n) is 12.4. The van der Waals surface area contributed by atoms with Gasteiger partial charge in [0.2, 0.25) is 0 Å². The van der Waals surface area contributed by atoms with E-state index in [0.717, 1.165) is 38.3 Å². The van der Waals surface area contributed by atoms with Gasteiger partial charge in [0, 0.05) is 19.8 Å². The summed E-state index contributed by atoms with van der Waals surface area (Å²) in [5.74, 6) is 0.783. The van der Waals surface area contributed by atoms with Crippen molar-refractivity contribution in [3.05, 3.63) is 0 Å². The number of aliphatic hydroxyl groups excluding tert-OH is 1. The van der Waals surface area contributed by atoms with E-state index in [-0.39, 0.29) is 6.10 Å². The lowest BCUT2D eigenvalue weighted by Crippen LogP contribution is -2.44. The van der Waals surface area contributed by atoms with Gasteiger partial charge in [0.1, 0.15) is 0 Å². The third-order valence-corrected chi connectivity index (χ3v) is 4.26. The Morgan fingerprint density at radius 3 is 2.72 bits per heavy atom. The Balaban J connectivity index is 2.37. The lowest BCUT2D eigenvalue weighted by molar-refractivity contribution is 0.0334. The van der Waals surface area contributed by atoms with Gasteiger partial charge >= 0.3 is 0 Å². The van der Waals surface area contributed by atoms with Crippen LogP contribution in [0.4, 0.5) is 0 Å². The molecular formula is C15H31NO2. The van der Waals surface area contributed by atoms with E-state index in [2.05, 4.69) is 18.9 Å². The highest BCUT2D eigenvalue weighted by atomic mass is 16.5. The highest BCUT2D eigenvalue weighted by molar-refractivity contribution is 4.85. The minimum Gasteiger partial charge on any atom is -0.393 e. The first kappa shape index (κ1) is 15.9. The Kier molecular flexibility index (Phi) is 7.87. The molecule has 1 fully saturated rings. The van der Waals surface area contributed by atoms with Gasteiger partial charge in [0.15, 0.2) is 0 Å². The number of hydrogen-bond acceptors (Lipinski definition) is 3. The van der Waals surface area contributed by atoms with E-state index < -0.39 is 0 Å². The largest absolute Gasteiger partial charge is 0.393 e. The van der Waals surface area contributed by atoms with Gasteiger partial charge in [-0.2, -0.15) is 0 Å². The van der Waals surface area contributed by atoms with Crippen molar-refractivity contribution in [1.29, 1.82) is 0 Å². The molecule has 0 heterocycles. The topological polar surface area (TPSA) is 32.7 Å². The van der Waals surface area contributed by atoms with E-state index in [0.29, 0.717) is 6.04 Å². The summed E-state index contributed by atoms with van der Waals surface area (Å²) in [7, 11) is 3.98. The number of nitrogens with zero attached hydrogens (tertiary/aromatic N) is 1. The van der Waals surface area contributed by atoms with Crippen LogP contribution in [0.2, 0.25) is 0 Å². The summed E-state index contributed by atoms with van der Waals surface area (Å²) in [5.41, 5.74) is 0. The predicted molar refractivity (Wildman–Crippen MR) is 75.8 cm³/mol. The first-order valence-electron chi connectivity index (χ1n) is 7.56. The first-order chi connectivity index (χ1) is 8.69. The van der Waals surface area contributed by atoms with Crippen LogP contribution in [0, 0.1) is 5.92 Å². The Labute approximate surface area is 113 Å². The van der Waals surface area contributed by atoms with Gasteiger partial charge in [-0.3, -0.25) is 0 Å². The van der Waals surface area contributed by atoms with Crippen LogP contribution in [0.1, 0.15) is 51.9 Å². The second-order valence-corrected chi connectivity index (χ2v) is 5.76. The highest BCUT2D eigenvalue weighted by Crippen LogP contribution is 2.31. The Hall–Kier alpha value is -0.120. The normalized spacial score (nSPS) is 28.8. The molecule has 3 heteroatoms. The van der Waals surface area contributed by atoms with Crippen molar-refractivity contribution >= 4 is 0 Å². The average Bonchev–Trinajstić information content (AvgIpc) is 2.37. The molecule has 3 unspecified atom stereocenters. The third-order valence-electron chi connectivity index (χ3n) is 4.26. The lowest BCUT2D eigenvalue weighted by Gasteiger charge is -2.40. The number of methoxy groups -OCH3 is 1. The van der Waals surface area contributed by atoms with Crippen molar-refractivity contribution in [2.75, 3.05) is 27.3 Å². The molecule has 3 atom stereocenters. The molecule has 18 heavy (non-hydrogen) atoms. The van der Waals surface area contributed by atoms with Gasteiger partial charge < -0.3 is 14.7 Å². The maximum Gasteiger partial charge on any atom is 0.0555 e. The molecule has 1 rings (SSSR count). The monoisotopic (exact) mass is 257 g/mol. The molecule has 1 N–H and O–H groups in total. The van der Waals surface area contributed by atoms with Crippen molar-refractivity contribution in [1.82, 2.24) is 4.90 Å². The second kappa shape index (κ2) is 8.89. The summed E-state index contributed by atoms with van der Waals surface area (Å²) in [4.78, 5) is 2.47. The number of aliphatic hydroxyl groups is 1. The Bertz CT molecular complexity index is 211. The molecule has 0 radical (unpaired) electrons. The lowest BCUT2D eigenvalue weighted by atomic mass is 9.79. The second-order valence-electron chi connectivity index (χ2n) is 5.76. The molecule has 108 valence electrons. The molecule has 1 saturated carbocycles. The van der Waals surface area contributed by atoms with Crippen LogP contribution in [-0.2, 0) is 4.74 Å². The summed E-state index contributed by atoms with van der Waals surface area (Å²) in [6, 6.07) is 0.580. The van der Waals surface area contributed by atoms with Gasteiger partial charge in [-0.25, -0.2) is 0 Å². The molecule has 0 spiro atoms. The van der Waals surface area contributed by atoms with E-state index in [4.69, 9.17) is 4.74 Å². The molecule has 1 aliphatic carbocycles. The number of rotatable bonds is 8. The molecule has 0 saturated heterocycles. The predicted octanol–water partition coefficient (Wildman–Crippen LogP) is 2.67. The van der Waals surface area contributed by atoms with Crippen LogP contribution in [0.25, 0.3) is 0 Å². The van der Waals surface area contributed by atoms with E-state index in [9.17, 15) is 5.11 Å². The van der Waals surface area contributed by atoms with Crippen molar-refractivity contribution < 1.29 is 9.84 Å². The summed E-state index contributed by atoms with van der Waals surface area (Å²) in [6.45, 7) is 4.25. The smallest absolute Gasteiger partial charge is 0.0555 e. The summed E-state index contributed by atoms with van der Waals surface area (Å²) < 4.78 is 5.09. The van der Waals surface area contributed by atoms with Crippen LogP contribution in [0.5, 0.6) is 0 Å². The number of ether oxygens (including phenoxy) is 1. The molecule has 0 aromatic carbocycles. The van der Waals surface area contributed by atoms with Gasteiger partial charge in [-0.05, 0) is 58.0 Å². The third kappa shape index (κ3) is 5.25. The molecule has 0 aromatic heterocycles. The summed E-state index contributed by atoms with van der Waals surface area (Å²) in [6.07, 6.45) is 7.97. The maximum absolute atomic E-state index is 9.88. The highest BCUT2D eigenvalue weighted by Gasteiger charge is 2.31. The molecule has 0 aliphatic heterocycles. The summed E-state index contributed by atoms with van der Waals surface area (Å²) >= 11 is 0. The summed E-state index contributed by atoms with van der Waals surface area (Å²) in [5, 5.41) is 9.88. The molecule has 0 bridgehead atoms. The fourth-order valence-electron chi connectivity index (χ4n) is 3.21. The molecular weight excluding hydrogens is 226 g/mol. The molecule has 0 aromatic rings. The van der Waals surface area contributed by atoms with Crippen LogP contribution >= 0.6 is 0 Å². The van der Waals surface area contributed by atoms with E-state index in [1.54, 1.807) is 7.11 Å². The number of unbranched alkanes of at least 4 members (excludes halogenated alkanes) is 1. The van der Waals surface area contributed by atoms with Crippen LogP contribution in [-0.4, -0.2) is 49.5 Å². The standard InChI is InChI=1S/C15H31NO2/c1-4-7-13-8-9-14(17)12-15(13)16(2)10-5-6-11-18-3/h13-15,17H,4-12H2,1-3H3. The zero-order chi connectivity index (χ0) is 13.4. The quantitative estimate of drug-likeness (QED) is 0.679.